The van der Waals surface area contributed by atoms with Crippen molar-refractivity contribution in [3.63, 3.8) is 0 Å². The molecular weight excluding hydrogens is 334 g/mol. The summed E-state index contributed by atoms with van der Waals surface area (Å²) in [7, 11) is -1.30. The second-order valence-corrected chi connectivity index (χ2v) is 13.4. The first kappa shape index (κ1) is 19.5. The number of carbonyl (C=O) groups excluding carboxylic acids is 2. The van der Waals surface area contributed by atoms with Gasteiger partial charge in [-0.2, -0.15) is 0 Å². The first-order valence-electron chi connectivity index (χ1n) is 8.94. The molecule has 0 aliphatic carbocycles. The molecule has 1 aliphatic rings. The third-order valence-corrected chi connectivity index (χ3v) is 5.98. The summed E-state index contributed by atoms with van der Waals surface area (Å²) < 4.78 is 11.0. The zero-order valence-corrected chi connectivity index (χ0v) is 16.7. The SMILES string of the molecule is CC(C[Si](C)(C)C)OC(=O)[C@@H]1CCCN1C(=O)OCc1ccccc1. The summed E-state index contributed by atoms with van der Waals surface area (Å²) in [6.07, 6.45) is 0.879. The molecule has 2 rings (SSSR count). The number of benzene rings is 1. The van der Waals surface area contributed by atoms with Gasteiger partial charge in [0, 0.05) is 14.6 Å². The van der Waals surface area contributed by atoms with Crippen molar-refractivity contribution >= 4 is 20.1 Å². The average molecular weight is 364 g/mol. The van der Waals surface area contributed by atoms with E-state index < -0.39 is 20.2 Å². The molecule has 1 aliphatic heterocycles. The van der Waals surface area contributed by atoms with Gasteiger partial charge >= 0.3 is 12.1 Å². The lowest BCUT2D eigenvalue weighted by molar-refractivity contribution is -0.152. The molecule has 1 amide bonds. The summed E-state index contributed by atoms with van der Waals surface area (Å²) in [6.45, 7) is 9.43. The minimum atomic E-state index is -1.30. The predicted molar refractivity (Wildman–Crippen MR) is 100 cm³/mol. The smallest absolute Gasteiger partial charge is 0.410 e. The molecule has 0 spiro atoms. The Bertz CT molecular complexity index is 585. The van der Waals surface area contributed by atoms with Gasteiger partial charge in [-0.15, -0.1) is 0 Å². The normalized spacial score (nSPS) is 18.7. The van der Waals surface area contributed by atoms with Gasteiger partial charge in [0.05, 0.1) is 6.10 Å². The molecule has 5 nitrogen and oxygen atoms in total. The van der Waals surface area contributed by atoms with Crippen LogP contribution in [0.2, 0.25) is 25.7 Å². The summed E-state index contributed by atoms with van der Waals surface area (Å²) in [5.74, 6) is -0.306. The monoisotopic (exact) mass is 363 g/mol. The maximum Gasteiger partial charge on any atom is 0.410 e. The third kappa shape index (κ3) is 6.19. The lowest BCUT2D eigenvalue weighted by Crippen LogP contribution is -2.43. The first-order valence-corrected chi connectivity index (χ1v) is 12.6. The standard InChI is InChI=1S/C19H29NO4Si/c1-15(14-25(2,3)4)24-18(21)17-11-8-12-20(17)19(22)23-13-16-9-6-5-7-10-16/h5-7,9-10,15,17H,8,11-14H2,1-4H3/t15?,17-/m0/s1. The average Bonchev–Trinajstić information content (AvgIpc) is 3.01. The van der Waals surface area contributed by atoms with Crippen molar-refractivity contribution in [1.29, 1.82) is 0 Å². The molecule has 0 bridgehead atoms. The van der Waals surface area contributed by atoms with E-state index in [1.165, 1.54) is 4.90 Å². The van der Waals surface area contributed by atoms with Gasteiger partial charge in [0.25, 0.3) is 0 Å². The Hall–Kier alpha value is -1.82. The van der Waals surface area contributed by atoms with Crippen LogP contribution >= 0.6 is 0 Å². The van der Waals surface area contributed by atoms with Crippen LogP contribution < -0.4 is 0 Å². The van der Waals surface area contributed by atoms with Gasteiger partial charge in [0.15, 0.2) is 0 Å². The van der Waals surface area contributed by atoms with Crippen molar-refractivity contribution in [3.05, 3.63) is 35.9 Å². The van der Waals surface area contributed by atoms with Crippen LogP contribution in [0.4, 0.5) is 4.79 Å². The summed E-state index contributed by atoms with van der Waals surface area (Å²) in [4.78, 5) is 26.3. The van der Waals surface area contributed by atoms with Crippen molar-refractivity contribution in [2.24, 2.45) is 0 Å². The van der Waals surface area contributed by atoms with Crippen LogP contribution in [-0.4, -0.2) is 43.7 Å². The van der Waals surface area contributed by atoms with E-state index in [0.717, 1.165) is 18.0 Å². The van der Waals surface area contributed by atoms with E-state index >= 15 is 0 Å². The molecule has 0 saturated carbocycles. The maximum absolute atomic E-state index is 12.5. The molecule has 1 fully saturated rings. The van der Waals surface area contributed by atoms with Crippen molar-refractivity contribution in [2.75, 3.05) is 6.54 Å². The highest BCUT2D eigenvalue weighted by Crippen LogP contribution is 2.22. The van der Waals surface area contributed by atoms with Gasteiger partial charge in [0.2, 0.25) is 0 Å². The summed E-state index contributed by atoms with van der Waals surface area (Å²) in [5.41, 5.74) is 0.929. The highest BCUT2D eigenvalue weighted by molar-refractivity contribution is 6.76. The third-order valence-electron chi connectivity index (χ3n) is 4.18. The second-order valence-electron chi connectivity index (χ2n) is 7.90. The van der Waals surface area contributed by atoms with Crippen molar-refractivity contribution in [2.45, 2.75) is 64.2 Å². The van der Waals surface area contributed by atoms with E-state index in [1.54, 1.807) is 0 Å². The van der Waals surface area contributed by atoms with E-state index in [9.17, 15) is 9.59 Å². The van der Waals surface area contributed by atoms with Crippen LogP contribution in [0.15, 0.2) is 30.3 Å². The Balaban J connectivity index is 1.88. The van der Waals surface area contributed by atoms with E-state index in [4.69, 9.17) is 9.47 Å². The Kier molecular flexibility index (Phi) is 6.64. The molecule has 6 heteroatoms. The first-order chi connectivity index (χ1) is 11.8. The maximum atomic E-state index is 12.5. The topological polar surface area (TPSA) is 55.8 Å². The fourth-order valence-corrected chi connectivity index (χ4v) is 5.02. The predicted octanol–water partition coefficient (Wildman–Crippen LogP) is 4.06. The molecule has 2 atom stereocenters. The highest BCUT2D eigenvalue weighted by atomic mass is 28.3. The van der Waals surface area contributed by atoms with Gasteiger partial charge in [0.1, 0.15) is 12.6 Å². The summed E-state index contributed by atoms with van der Waals surface area (Å²) >= 11 is 0. The van der Waals surface area contributed by atoms with Crippen LogP contribution in [0.25, 0.3) is 0 Å². The molecular formula is C19H29NO4Si. The molecule has 1 heterocycles. The molecule has 25 heavy (non-hydrogen) atoms. The molecule has 138 valence electrons. The molecule has 1 unspecified atom stereocenters. The Morgan fingerprint density at radius 3 is 2.56 bits per heavy atom. The van der Waals surface area contributed by atoms with Crippen molar-refractivity contribution < 1.29 is 19.1 Å². The molecule has 0 aromatic heterocycles. The number of likely N-dealkylation sites (tertiary alicyclic amines) is 1. The molecule has 0 radical (unpaired) electrons. The number of carbonyl (C=O) groups is 2. The van der Waals surface area contributed by atoms with Gasteiger partial charge < -0.3 is 9.47 Å². The van der Waals surface area contributed by atoms with Gasteiger partial charge in [-0.3, -0.25) is 4.90 Å². The van der Waals surface area contributed by atoms with Crippen LogP contribution in [-0.2, 0) is 20.9 Å². The molecule has 1 aromatic carbocycles. The summed E-state index contributed by atoms with van der Waals surface area (Å²) in [5, 5.41) is 0. The highest BCUT2D eigenvalue weighted by Gasteiger charge is 2.37. The van der Waals surface area contributed by atoms with E-state index in [-0.39, 0.29) is 18.7 Å². The number of rotatable bonds is 6. The van der Waals surface area contributed by atoms with Gasteiger partial charge in [-0.25, -0.2) is 9.59 Å². The zero-order valence-electron chi connectivity index (χ0n) is 15.7. The fraction of sp³-hybridized carbons (Fsp3) is 0.579. The van der Waals surface area contributed by atoms with E-state index in [2.05, 4.69) is 19.6 Å². The number of amides is 1. The minimum Gasteiger partial charge on any atom is -0.461 e. The lowest BCUT2D eigenvalue weighted by Gasteiger charge is -2.26. The van der Waals surface area contributed by atoms with Crippen LogP contribution in [0.5, 0.6) is 0 Å². The van der Waals surface area contributed by atoms with E-state index in [1.807, 2.05) is 37.3 Å². The van der Waals surface area contributed by atoms with E-state index in [0.29, 0.717) is 13.0 Å². The summed E-state index contributed by atoms with van der Waals surface area (Å²) in [6, 6.07) is 9.93. The quantitative estimate of drug-likeness (QED) is 0.565. The molecule has 1 aromatic rings. The number of hydrogen-bond acceptors (Lipinski definition) is 4. The number of ether oxygens (including phenoxy) is 2. The Labute approximate surface area is 151 Å². The number of nitrogens with zero attached hydrogens (tertiary/aromatic N) is 1. The van der Waals surface area contributed by atoms with Crippen molar-refractivity contribution in [3.8, 4) is 0 Å². The minimum absolute atomic E-state index is 0.109. The number of esters is 1. The van der Waals surface area contributed by atoms with Crippen LogP contribution in [0.3, 0.4) is 0 Å². The van der Waals surface area contributed by atoms with Gasteiger partial charge in [-0.05, 0) is 31.4 Å². The Morgan fingerprint density at radius 2 is 1.92 bits per heavy atom. The molecule has 1 saturated heterocycles. The van der Waals surface area contributed by atoms with Crippen LogP contribution in [0.1, 0.15) is 25.3 Å². The zero-order chi connectivity index (χ0) is 18.4. The number of hydrogen-bond donors (Lipinski definition) is 0. The fourth-order valence-electron chi connectivity index (χ4n) is 3.21. The van der Waals surface area contributed by atoms with Crippen molar-refractivity contribution in [1.82, 2.24) is 4.90 Å². The van der Waals surface area contributed by atoms with Crippen LogP contribution in [0, 0.1) is 0 Å². The molecule has 0 N–H and O–H groups in total. The lowest BCUT2D eigenvalue weighted by atomic mass is 10.2. The second kappa shape index (κ2) is 8.51. The Morgan fingerprint density at radius 1 is 1.24 bits per heavy atom. The van der Waals surface area contributed by atoms with Gasteiger partial charge in [-0.1, -0.05) is 50.0 Å². The largest absolute Gasteiger partial charge is 0.461 e.